The zero-order chi connectivity index (χ0) is 17.8. The minimum atomic E-state index is -0.0381. The first kappa shape index (κ1) is 17.3. The van der Waals surface area contributed by atoms with Crippen molar-refractivity contribution >= 4 is 17.4 Å². The lowest BCUT2D eigenvalue weighted by Gasteiger charge is -2.20. The molecule has 1 atom stereocenters. The van der Waals surface area contributed by atoms with Gasteiger partial charge in [-0.15, -0.1) is 0 Å². The number of pyridine rings is 1. The highest BCUT2D eigenvalue weighted by Gasteiger charge is 2.24. The fourth-order valence-corrected chi connectivity index (χ4v) is 3.08. The average molecular weight is 343 g/mol. The molecule has 0 saturated carbocycles. The number of likely N-dealkylation sites (tertiary alicyclic amines) is 1. The van der Waals surface area contributed by atoms with Crippen LogP contribution in [0.2, 0.25) is 0 Å². The van der Waals surface area contributed by atoms with Crippen molar-refractivity contribution in [3.05, 3.63) is 36.2 Å². The number of nitrogens with zero attached hydrogens (tertiary/aromatic N) is 4. The Kier molecular flexibility index (Phi) is 5.21. The van der Waals surface area contributed by atoms with Crippen molar-refractivity contribution in [3.8, 4) is 0 Å². The van der Waals surface area contributed by atoms with Crippen LogP contribution in [0.25, 0.3) is 0 Å². The van der Waals surface area contributed by atoms with E-state index in [2.05, 4.69) is 21.4 Å². The molecule has 0 spiro atoms. The van der Waals surface area contributed by atoms with E-state index in [0.29, 0.717) is 24.0 Å². The number of hydrogen-bond donors (Lipinski definition) is 1. The molecule has 2 aromatic rings. The van der Waals surface area contributed by atoms with E-state index >= 15 is 0 Å². The fraction of sp³-hybridized carbons (Fsp3) is 0.500. The van der Waals surface area contributed by atoms with Crippen molar-refractivity contribution in [3.63, 3.8) is 0 Å². The number of aromatic nitrogens is 2. The molecule has 0 aliphatic carbocycles. The SMILES string of the molecule is Cc1ocnc1C(=O)N1CCC[C@@H](Nc2ccc(N(C)C)nc2)CC1. The van der Waals surface area contributed by atoms with Gasteiger partial charge in [0.15, 0.2) is 12.1 Å². The van der Waals surface area contributed by atoms with Crippen molar-refractivity contribution in [2.24, 2.45) is 0 Å². The van der Waals surface area contributed by atoms with Gasteiger partial charge in [0, 0.05) is 33.2 Å². The maximum atomic E-state index is 12.6. The number of aryl methyl sites for hydroxylation is 1. The largest absolute Gasteiger partial charge is 0.448 e. The lowest BCUT2D eigenvalue weighted by molar-refractivity contribution is 0.0754. The lowest BCUT2D eigenvalue weighted by Crippen LogP contribution is -2.33. The molecular weight excluding hydrogens is 318 g/mol. The van der Waals surface area contributed by atoms with Crippen molar-refractivity contribution in [2.45, 2.75) is 32.2 Å². The summed E-state index contributed by atoms with van der Waals surface area (Å²) in [5, 5.41) is 3.54. The molecule has 1 fully saturated rings. The van der Waals surface area contributed by atoms with Crippen molar-refractivity contribution in [1.29, 1.82) is 0 Å². The molecule has 0 aromatic carbocycles. The number of anilines is 2. The van der Waals surface area contributed by atoms with Crippen LogP contribution in [-0.4, -0.2) is 54.0 Å². The summed E-state index contributed by atoms with van der Waals surface area (Å²) in [6.45, 7) is 3.24. The molecule has 0 unspecified atom stereocenters. The molecule has 3 rings (SSSR count). The first-order valence-electron chi connectivity index (χ1n) is 8.64. The predicted molar refractivity (Wildman–Crippen MR) is 97.0 cm³/mol. The van der Waals surface area contributed by atoms with Gasteiger partial charge >= 0.3 is 0 Å². The minimum Gasteiger partial charge on any atom is -0.448 e. The summed E-state index contributed by atoms with van der Waals surface area (Å²) in [6, 6.07) is 4.39. The standard InChI is InChI=1S/C18H25N5O2/c1-13-17(20-12-25-13)18(24)23-9-4-5-14(8-10-23)21-15-6-7-16(19-11-15)22(2)3/h6-7,11-12,14,21H,4-5,8-10H2,1-3H3/t14-/m1/s1. The van der Waals surface area contributed by atoms with Crippen LogP contribution in [0.3, 0.4) is 0 Å². The smallest absolute Gasteiger partial charge is 0.276 e. The molecule has 7 nitrogen and oxygen atoms in total. The number of oxazole rings is 1. The number of carbonyl (C=O) groups is 1. The zero-order valence-corrected chi connectivity index (χ0v) is 15.0. The molecule has 2 aromatic heterocycles. The highest BCUT2D eigenvalue weighted by Crippen LogP contribution is 2.19. The molecule has 1 amide bonds. The molecule has 0 bridgehead atoms. The highest BCUT2D eigenvalue weighted by molar-refractivity contribution is 5.93. The Hall–Kier alpha value is -2.57. The summed E-state index contributed by atoms with van der Waals surface area (Å²) >= 11 is 0. The van der Waals surface area contributed by atoms with Crippen LogP contribution in [0.15, 0.2) is 29.1 Å². The Morgan fingerprint density at radius 2 is 2.12 bits per heavy atom. The van der Waals surface area contributed by atoms with Gasteiger partial charge in [0.2, 0.25) is 0 Å². The Bertz CT molecular complexity index is 711. The van der Waals surface area contributed by atoms with Gasteiger partial charge in [-0.2, -0.15) is 0 Å². The van der Waals surface area contributed by atoms with Crippen molar-refractivity contribution in [1.82, 2.24) is 14.9 Å². The van der Waals surface area contributed by atoms with Crippen LogP contribution in [-0.2, 0) is 0 Å². The molecule has 1 N–H and O–H groups in total. The lowest BCUT2D eigenvalue weighted by atomic mass is 10.1. The van der Waals surface area contributed by atoms with Crippen LogP contribution in [0.5, 0.6) is 0 Å². The van der Waals surface area contributed by atoms with E-state index in [0.717, 1.165) is 37.3 Å². The number of nitrogens with one attached hydrogen (secondary N) is 1. The third-order valence-electron chi connectivity index (χ3n) is 4.54. The molecule has 1 saturated heterocycles. The zero-order valence-electron chi connectivity index (χ0n) is 15.0. The second-order valence-electron chi connectivity index (χ2n) is 6.62. The Morgan fingerprint density at radius 1 is 1.28 bits per heavy atom. The normalized spacial score (nSPS) is 17.9. The first-order chi connectivity index (χ1) is 12.0. The quantitative estimate of drug-likeness (QED) is 0.920. The maximum Gasteiger partial charge on any atom is 0.276 e. The summed E-state index contributed by atoms with van der Waals surface area (Å²) in [4.78, 5) is 24.9. The topological polar surface area (TPSA) is 74.5 Å². The van der Waals surface area contributed by atoms with Crippen LogP contribution in [0.1, 0.15) is 35.5 Å². The number of amides is 1. The average Bonchev–Trinajstić information content (AvgIpc) is 2.89. The Balaban J connectivity index is 1.58. The van der Waals surface area contributed by atoms with Gasteiger partial charge in [-0.3, -0.25) is 4.79 Å². The van der Waals surface area contributed by atoms with Crippen LogP contribution >= 0.6 is 0 Å². The Labute approximate surface area is 148 Å². The molecule has 1 aliphatic rings. The van der Waals surface area contributed by atoms with E-state index in [1.807, 2.05) is 36.2 Å². The van der Waals surface area contributed by atoms with Crippen molar-refractivity contribution < 1.29 is 9.21 Å². The molecule has 7 heteroatoms. The summed E-state index contributed by atoms with van der Waals surface area (Å²) in [5.74, 6) is 1.48. The van der Waals surface area contributed by atoms with E-state index in [1.165, 1.54) is 6.39 Å². The predicted octanol–water partition coefficient (Wildman–Crippen LogP) is 2.55. The van der Waals surface area contributed by atoms with Gasteiger partial charge < -0.3 is 19.5 Å². The van der Waals surface area contributed by atoms with Gasteiger partial charge in [-0.05, 0) is 38.3 Å². The van der Waals surface area contributed by atoms with Gasteiger partial charge in [-0.1, -0.05) is 0 Å². The molecule has 1 aliphatic heterocycles. The van der Waals surface area contributed by atoms with E-state index < -0.39 is 0 Å². The fourth-order valence-electron chi connectivity index (χ4n) is 3.08. The van der Waals surface area contributed by atoms with Crippen LogP contribution in [0, 0.1) is 6.92 Å². The van der Waals surface area contributed by atoms with Crippen molar-refractivity contribution in [2.75, 3.05) is 37.4 Å². The summed E-state index contributed by atoms with van der Waals surface area (Å²) in [7, 11) is 3.95. The summed E-state index contributed by atoms with van der Waals surface area (Å²) < 4.78 is 5.15. The van der Waals surface area contributed by atoms with Crippen LogP contribution in [0.4, 0.5) is 11.5 Å². The third kappa shape index (κ3) is 4.10. The molecule has 3 heterocycles. The van der Waals surface area contributed by atoms with E-state index in [9.17, 15) is 4.79 Å². The van der Waals surface area contributed by atoms with E-state index in [4.69, 9.17) is 4.42 Å². The molecule has 0 radical (unpaired) electrons. The van der Waals surface area contributed by atoms with Crippen LogP contribution < -0.4 is 10.2 Å². The summed E-state index contributed by atoms with van der Waals surface area (Å²) in [5.41, 5.74) is 1.44. The highest BCUT2D eigenvalue weighted by atomic mass is 16.3. The van der Waals surface area contributed by atoms with Gasteiger partial charge in [0.1, 0.15) is 11.6 Å². The van der Waals surface area contributed by atoms with Gasteiger partial charge in [-0.25, -0.2) is 9.97 Å². The molecular formula is C18H25N5O2. The Morgan fingerprint density at radius 3 is 2.76 bits per heavy atom. The van der Waals surface area contributed by atoms with Gasteiger partial charge in [0.25, 0.3) is 5.91 Å². The molecule has 134 valence electrons. The van der Waals surface area contributed by atoms with E-state index in [1.54, 1.807) is 6.92 Å². The second kappa shape index (κ2) is 7.55. The number of hydrogen-bond acceptors (Lipinski definition) is 6. The maximum absolute atomic E-state index is 12.6. The van der Waals surface area contributed by atoms with Gasteiger partial charge in [0.05, 0.1) is 11.9 Å². The first-order valence-corrected chi connectivity index (χ1v) is 8.64. The third-order valence-corrected chi connectivity index (χ3v) is 4.54. The van der Waals surface area contributed by atoms with E-state index in [-0.39, 0.29) is 5.91 Å². The molecule has 25 heavy (non-hydrogen) atoms. The monoisotopic (exact) mass is 343 g/mol. The number of carbonyl (C=O) groups excluding carboxylic acids is 1. The number of rotatable bonds is 4. The minimum absolute atomic E-state index is 0.0381. The second-order valence-corrected chi connectivity index (χ2v) is 6.62. The summed E-state index contributed by atoms with van der Waals surface area (Å²) in [6.07, 6.45) is 6.08.